The molecule has 42 heavy (non-hydrogen) atoms. The van der Waals surface area contributed by atoms with Crippen LogP contribution in [-0.2, 0) is 26.2 Å². The third-order valence-electron chi connectivity index (χ3n) is 5.66. The number of nitro benzene ring substituents is 1. The Morgan fingerprint density at radius 2 is 1.67 bits per heavy atom. The van der Waals surface area contributed by atoms with E-state index in [2.05, 4.69) is 15.8 Å². The van der Waals surface area contributed by atoms with E-state index in [0.717, 1.165) is 6.07 Å². The molecular weight excluding hydrogens is 566 g/mol. The van der Waals surface area contributed by atoms with Crippen molar-refractivity contribution >= 4 is 39.4 Å². The maximum Gasteiger partial charge on any atom is 0.293 e. The number of benzene rings is 3. The highest BCUT2D eigenvalue weighted by Crippen LogP contribution is 2.31. The first-order valence-electron chi connectivity index (χ1n) is 12.4. The molecule has 4 aromatic rings. The second-order valence-electron chi connectivity index (χ2n) is 8.58. The maximum atomic E-state index is 13.4. The molecule has 0 aliphatic carbocycles. The number of anilines is 1. The number of hydrogen-bond donors (Lipinski definition) is 2. The highest BCUT2D eigenvalue weighted by atomic mass is 32.2. The number of nitrogens with one attached hydrogen (secondary N) is 2. The molecule has 0 aliphatic heterocycles. The zero-order valence-corrected chi connectivity index (χ0v) is 22.8. The average Bonchev–Trinajstić information content (AvgIpc) is 3.53. The molecule has 0 radical (unpaired) electrons. The van der Waals surface area contributed by atoms with Crippen molar-refractivity contribution in [2.45, 2.75) is 11.4 Å². The number of furan rings is 1. The number of hydrazone groups is 1. The number of carbonyl (C=O) groups is 2. The standard InChI is InChI=1S/C28H25N5O8S/c34-27(19-32(25-10-4-5-11-26(25)33(36)37)42(38,39)24-8-2-1-3-9-24)31-30-17-21-12-14-22(15-13-21)41-20-28(35)29-18-23-7-6-16-40-23/h1-17H,18-20H2,(H,29,35)(H,31,34). The molecule has 0 saturated heterocycles. The summed E-state index contributed by atoms with van der Waals surface area (Å²) in [7, 11) is -4.34. The first kappa shape index (κ1) is 29.5. The number of para-hydroxylation sites is 2. The SMILES string of the molecule is O=C(COc1ccc(C=NNC(=O)CN(c2ccccc2[N+](=O)[O-])S(=O)(=O)c2ccccc2)cc1)NCc1ccco1. The molecular formula is C28H25N5O8S. The first-order valence-corrected chi connectivity index (χ1v) is 13.8. The van der Waals surface area contributed by atoms with Gasteiger partial charge in [-0.05, 0) is 60.2 Å². The molecule has 0 bridgehead atoms. The number of rotatable bonds is 13. The molecule has 4 rings (SSSR count). The second-order valence-corrected chi connectivity index (χ2v) is 10.4. The zero-order chi connectivity index (χ0) is 30.0. The number of carbonyl (C=O) groups excluding carboxylic acids is 2. The van der Waals surface area contributed by atoms with E-state index in [9.17, 15) is 28.1 Å². The summed E-state index contributed by atoms with van der Waals surface area (Å²) in [6.45, 7) is -0.727. The van der Waals surface area contributed by atoms with Crippen LogP contribution in [0.15, 0.2) is 112 Å². The van der Waals surface area contributed by atoms with Gasteiger partial charge in [-0.1, -0.05) is 30.3 Å². The molecule has 216 valence electrons. The fraction of sp³-hybridized carbons (Fsp3) is 0.107. The van der Waals surface area contributed by atoms with Gasteiger partial charge in [0.05, 0.1) is 28.8 Å². The van der Waals surface area contributed by atoms with Crippen molar-refractivity contribution < 1.29 is 32.1 Å². The van der Waals surface area contributed by atoms with Crippen LogP contribution >= 0.6 is 0 Å². The minimum absolute atomic E-state index is 0.142. The van der Waals surface area contributed by atoms with E-state index in [1.807, 2.05) is 0 Å². The second kappa shape index (κ2) is 13.7. The number of hydrogen-bond acceptors (Lipinski definition) is 9. The molecule has 0 aliphatic rings. The lowest BCUT2D eigenvalue weighted by molar-refractivity contribution is -0.384. The van der Waals surface area contributed by atoms with Gasteiger partial charge < -0.3 is 14.5 Å². The summed E-state index contributed by atoms with van der Waals surface area (Å²) in [5.74, 6) is -0.116. The van der Waals surface area contributed by atoms with Gasteiger partial charge in [0.1, 0.15) is 23.7 Å². The van der Waals surface area contributed by atoms with Crippen molar-refractivity contribution in [3.63, 3.8) is 0 Å². The molecule has 2 N–H and O–H groups in total. The number of nitro groups is 1. The molecule has 13 nitrogen and oxygen atoms in total. The molecule has 3 aromatic carbocycles. The molecule has 0 unspecified atom stereocenters. The Morgan fingerprint density at radius 3 is 2.36 bits per heavy atom. The van der Waals surface area contributed by atoms with Crippen LogP contribution in [0.5, 0.6) is 5.75 Å². The van der Waals surface area contributed by atoms with Crippen LogP contribution in [0.4, 0.5) is 11.4 Å². The Hall–Kier alpha value is -5.50. The summed E-state index contributed by atoms with van der Waals surface area (Å²) in [4.78, 5) is 35.4. The van der Waals surface area contributed by atoms with Gasteiger partial charge in [0.2, 0.25) is 0 Å². The van der Waals surface area contributed by atoms with Crippen molar-refractivity contribution in [1.29, 1.82) is 0 Å². The normalized spacial score (nSPS) is 11.1. The molecule has 1 heterocycles. The van der Waals surface area contributed by atoms with Gasteiger partial charge in [-0.15, -0.1) is 0 Å². The van der Waals surface area contributed by atoms with Gasteiger partial charge in [0.15, 0.2) is 6.61 Å². The van der Waals surface area contributed by atoms with Gasteiger partial charge in [0, 0.05) is 6.07 Å². The van der Waals surface area contributed by atoms with Crippen molar-refractivity contribution in [3.8, 4) is 5.75 Å². The minimum atomic E-state index is -4.34. The van der Waals surface area contributed by atoms with E-state index < -0.39 is 33.1 Å². The largest absolute Gasteiger partial charge is 0.484 e. The van der Waals surface area contributed by atoms with E-state index >= 15 is 0 Å². The molecule has 1 aromatic heterocycles. The Morgan fingerprint density at radius 1 is 0.952 bits per heavy atom. The number of nitrogens with zero attached hydrogens (tertiary/aromatic N) is 3. The van der Waals surface area contributed by atoms with Gasteiger partial charge in [-0.3, -0.25) is 19.7 Å². The molecule has 0 saturated carbocycles. The lowest BCUT2D eigenvalue weighted by Gasteiger charge is -2.23. The van der Waals surface area contributed by atoms with E-state index in [4.69, 9.17) is 9.15 Å². The summed E-state index contributed by atoms with van der Waals surface area (Å²) in [5, 5.41) is 18.1. The summed E-state index contributed by atoms with van der Waals surface area (Å²) in [5.41, 5.74) is 2.06. The van der Waals surface area contributed by atoms with E-state index in [1.165, 1.54) is 54.9 Å². The van der Waals surface area contributed by atoms with Crippen molar-refractivity contribution in [1.82, 2.24) is 10.7 Å². The fourth-order valence-corrected chi connectivity index (χ4v) is 5.10. The van der Waals surface area contributed by atoms with Crippen molar-refractivity contribution in [2.75, 3.05) is 17.5 Å². The Kier molecular flexibility index (Phi) is 9.63. The van der Waals surface area contributed by atoms with Crippen LogP contribution in [0.2, 0.25) is 0 Å². The minimum Gasteiger partial charge on any atom is -0.484 e. The molecule has 0 spiro atoms. The average molecular weight is 592 g/mol. The van der Waals surface area contributed by atoms with Gasteiger partial charge >= 0.3 is 0 Å². The molecule has 0 atom stereocenters. The van der Waals surface area contributed by atoms with Gasteiger partial charge in [-0.25, -0.2) is 18.1 Å². The molecule has 0 fully saturated rings. The quantitative estimate of drug-likeness (QED) is 0.135. The highest BCUT2D eigenvalue weighted by Gasteiger charge is 2.31. The predicted molar refractivity (Wildman–Crippen MR) is 152 cm³/mol. The zero-order valence-electron chi connectivity index (χ0n) is 22.0. The fourth-order valence-electron chi connectivity index (χ4n) is 3.64. The summed E-state index contributed by atoms with van der Waals surface area (Å²) in [6, 6.07) is 22.4. The van der Waals surface area contributed by atoms with E-state index in [0.29, 0.717) is 21.4 Å². The Bertz CT molecular complexity index is 1660. The lowest BCUT2D eigenvalue weighted by Crippen LogP contribution is -2.39. The van der Waals surface area contributed by atoms with Crippen molar-refractivity contribution in [3.05, 3.63) is 119 Å². The van der Waals surface area contributed by atoms with Crippen molar-refractivity contribution in [2.24, 2.45) is 5.10 Å². The smallest absolute Gasteiger partial charge is 0.293 e. The summed E-state index contributed by atoms with van der Waals surface area (Å²) in [6.07, 6.45) is 2.83. The maximum absolute atomic E-state index is 13.4. The summed E-state index contributed by atoms with van der Waals surface area (Å²) >= 11 is 0. The number of ether oxygens (including phenoxy) is 1. The molecule has 2 amide bonds. The molecule has 14 heteroatoms. The predicted octanol–water partition coefficient (Wildman–Crippen LogP) is 3.23. The van der Waals surface area contributed by atoms with Crippen LogP contribution in [0, 0.1) is 10.1 Å². The third-order valence-corrected chi connectivity index (χ3v) is 7.43. The number of sulfonamides is 1. The Balaban J connectivity index is 1.37. The highest BCUT2D eigenvalue weighted by molar-refractivity contribution is 7.92. The van der Waals surface area contributed by atoms with Crippen LogP contribution in [0.1, 0.15) is 11.3 Å². The van der Waals surface area contributed by atoms with Crippen LogP contribution < -0.4 is 19.8 Å². The lowest BCUT2D eigenvalue weighted by atomic mass is 10.2. The Labute approximate surface area is 240 Å². The van der Waals surface area contributed by atoms with Crippen LogP contribution in [-0.4, -0.2) is 44.5 Å². The van der Waals surface area contributed by atoms with E-state index in [-0.39, 0.29) is 29.6 Å². The van der Waals surface area contributed by atoms with Crippen LogP contribution in [0.3, 0.4) is 0 Å². The number of amides is 2. The third kappa shape index (κ3) is 7.79. The van der Waals surface area contributed by atoms with E-state index in [1.54, 1.807) is 42.5 Å². The van der Waals surface area contributed by atoms with Gasteiger partial charge in [-0.2, -0.15) is 5.10 Å². The first-order chi connectivity index (χ1) is 20.2. The summed E-state index contributed by atoms with van der Waals surface area (Å²) < 4.78 is 38.1. The van der Waals surface area contributed by atoms with Crippen LogP contribution in [0.25, 0.3) is 0 Å². The van der Waals surface area contributed by atoms with Gasteiger partial charge in [0.25, 0.3) is 27.5 Å². The monoisotopic (exact) mass is 591 g/mol. The topological polar surface area (TPSA) is 173 Å².